The molecule has 0 saturated carbocycles. The number of nitrogens with zero attached hydrogens (tertiary/aromatic N) is 1. The van der Waals surface area contributed by atoms with Crippen LogP contribution in [-0.4, -0.2) is 38.9 Å². The summed E-state index contributed by atoms with van der Waals surface area (Å²) in [6, 6.07) is 13.6. The number of aromatic nitrogens is 3. The molecule has 0 bridgehead atoms. The molecular formula is C19H19ClN4O4. The number of aliphatic hydroxyl groups is 1. The molecule has 8 nitrogen and oxygen atoms in total. The molecule has 3 aromatic rings. The van der Waals surface area contributed by atoms with Gasteiger partial charge in [-0.2, -0.15) is 0 Å². The van der Waals surface area contributed by atoms with E-state index in [1.54, 1.807) is 30.3 Å². The van der Waals surface area contributed by atoms with E-state index in [9.17, 15) is 19.5 Å². The average Bonchev–Trinajstić information content (AvgIpc) is 3.04. The van der Waals surface area contributed by atoms with Gasteiger partial charge in [-0.15, -0.1) is 0 Å². The topological polar surface area (TPSA) is 120 Å². The Morgan fingerprint density at radius 1 is 1.14 bits per heavy atom. The Labute approximate surface area is 164 Å². The number of aliphatic hydroxyl groups excluding tert-OH is 1. The lowest BCUT2D eigenvalue weighted by molar-refractivity contribution is 0.0940. The number of benzene rings is 2. The van der Waals surface area contributed by atoms with Gasteiger partial charge in [0.2, 0.25) is 0 Å². The van der Waals surface area contributed by atoms with E-state index in [0.29, 0.717) is 22.7 Å². The quantitative estimate of drug-likeness (QED) is 0.472. The van der Waals surface area contributed by atoms with Crippen LogP contribution in [0.4, 0.5) is 0 Å². The van der Waals surface area contributed by atoms with Gasteiger partial charge in [-0.25, -0.2) is 19.4 Å². The summed E-state index contributed by atoms with van der Waals surface area (Å²) < 4.78 is 1.05. The number of rotatable bonds is 7. The van der Waals surface area contributed by atoms with Crippen LogP contribution in [0.25, 0.3) is 5.69 Å². The Morgan fingerprint density at radius 2 is 1.86 bits per heavy atom. The van der Waals surface area contributed by atoms with Crippen LogP contribution in [0.3, 0.4) is 0 Å². The van der Waals surface area contributed by atoms with E-state index in [1.807, 2.05) is 18.2 Å². The van der Waals surface area contributed by atoms with Gasteiger partial charge in [0, 0.05) is 29.7 Å². The minimum absolute atomic E-state index is 0.0891. The van der Waals surface area contributed by atoms with Crippen molar-refractivity contribution in [2.75, 3.05) is 13.2 Å². The van der Waals surface area contributed by atoms with E-state index >= 15 is 0 Å². The van der Waals surface area contributed by atoms with Crippen LogP contribution in [0, 0.1) is 5.92 Å². The fourth-order valence-electron chi connectivity index (χ4n) is 2.79. The molecule has 0 aliphatic rings. The molecule has 4 N–H and O–H groups in total. The Bertz CT molecular complexity index is 1070. The van der Waals surface area contributed by atoms with Crippen molar-refractivity contribution in [3.63, 3.8) is 0 Å². The molecule has 3 rings (SSSR count). The Morgan fingerprint density at radius 3 is 2.46 bits per heavy atom. The number of aromatic amines is 2. The highest BCUT2D eigenvalue weighted by Crippen LogP contribution is 2.18. The highest BCUT2D eigenvalue weighted by atomic mass is 35.5. The van der Waals surface area contributed by atoms with Crippen molar-refractivity contribution >= 4 is 17.5 Å². The summed E-state index contributed by atoms with van der Waals surface area (Å²) in [5.41, 5.74) is 0.525. The Balaban J connectivity index is 1.62. The maximum absolute atomic E-state index is 12.4. The van der Waals surface area contributed by atoms with Gasteiger partial charge >= 0.3 is 11.4 Å². The number of amides is 1. The van der Waals surface area contributed by atoms with E-state index in [-0.39, 0.29) is 25.0 Å². The fourth-order valence-corrected chi connectivity index (χ4v) is 3.01. The summed E-state index contributed by atoms with van der Waals surface area (Å²) in [4.78, 5) is 37.2. The van der Waals surface area contributed by atoms with Crippen molar-refractivity contribution < 1.29 is 9.90 Å². The lowest BCUT2D eigenvalue weighted by atomic mass is 10.00. The predicted molar refractivity (Wildman–Crippen MR) is 105 cm³/mol. The molecule has 0 radical (unpaired) electrons. The van der Waals surface area contributed by atoms with Gasteiger partial charge in [0.25, 0.3) is 5.91 Å². The van der Waals surface area contributed by atoms with Crippen LogP contribution in [0.15, 0.2) is 58.1 Å². The lowest BCUT2D eigenvalue weighted by Gasteiger charge is -2.16. The zero-order chi connectivity index (χ0) is 20.1. The minimum Gasteiger partial charge on any atom is -0.396 e. The molecule has 0 aliphatic heterocycles. The predicted octanol–water partition coefficient (Wildman–Crippen LogP) is 1.09. The first-order chi connectivity index (χ1) is 13.5. The first-order valence-electron chi connectivity index (χ1n) is 8.62. The summed E-state index contributed by atoms with van der Waals surface area (Å²) in [7, 11) is 0. The molecular weight excluding hydrogens is 384 g/mol. The van der Waals surface area contributed by atoms with Gasteiger partial charge in [0.15, 0.2) is 0 Å². The third-order valence-corrected chi connectivity index (χ3v) is 4.67. The Hall–Kier alpha value is -3.10. The summed E-state index contributed by atoms with van der Waals surface area (Å²) in [6.45, 7) is 0.196. The van der Waals surface area contributed by atoms with E-state index in [2.05, 4.69) is 15.4 Å². The normalized spacial score (nSPS) is 11.9. The molecule has 0 saturated heterocycles. The van der Waals surface area contributed by atoms with Crippen LogP contribution in [0.1, 0.15) is 15.9 Å². The SMILES string of the molecule is O=C(NCC(CO)Cc1ccccc1Cl)c1ccc(-n2[nH]c(=O)[nH]c2=O)cc1. The summed E-state index contributed by atoms with van der Waals surface area (Å²) >= 11 is 6.14. The third-order valence-electron chi connectivity index (χ3n) is 4.30. The summed E-state index contributed by atoms with van der Waals surface area (Å²) in [6.07, 6.45) is 0.541. The molecule has 1 heterocycles. The monoisotopic (exact) mass is 402 g/mol. The van der Waals surface area contributed by atoms with Gasteiger partial charge in [0.1, 0.15) is 0 Å². The molecule has 1 atom stereocenters. The first-order valence-corrected chi connectivity index (χ1v) is 9.00. The second-order valence-corrected chi connectivity index (χ2v) is 6.71. The molecule has 9 heteroatoms. The maximum Gasteiger partial charge on any atom is 0.349 e. The molecule has 2 aromatic carbocycles. The number of carbonyl (C=O) groups excluding carboxylic acids is 1. The van der Waals surface area contributed by atoms with Crippen molar-refractivity contribution in [2.45, 2.75) is 6.42 Å². The van der Waals surface area contributed by atoms with Crippen LogP contribution < -0.4 is 16.7 Å². The molecule has 1 unspecified atom stereocenters. The van der Waals surface area contributed by atoms with Crippen LogP contribution in [0.2, 0.25) is 5.02 Å². The molecule has 1 amide bonds. The van der Waals surface area contributed by atoms with E-state index in [1.165, 1.54) is 0 Å². The number of H-pyrrole nitrogens is 2. The summed E-state index contributed by atoms with van der Waals surface area (Å²) in [5.74, 6) is -0.481. The van der Waals surface area contributed by atoms with E-state index in [0.717, 1.165) is 10.2 Å². The van der Waals surface area contributed by atoms with Gasteiger partial charge in [-0.1, -0.05) is 29.8 Å². The van der Waals surface area contributed by atoms with Crippen LogP contribution in [0.5, 0.6) is 0 Å². The number of hydrogen-bond acceptors (Lipinski definition) is 4. The van der Waals surface area contributed by atoms with Crippen molar-refractivity contribution in [3.05, 3.63) is 85.6 Å². The number of nitrogens with one attached hydrogen (secondary N) is 3. The van der Waals surface area contributed by atoms with Crippen LogP contribution >= 0.6 is 11.6 Å². The number of carbonyl (C=O) groups is 1. The molecule has 146 valence electrons. The molecule has 0 fully saturated rings. The average molecular weight is 403 g/mol. The highest BCUT2D eigenvalue weighted by molar-refractivity contribution is 6.31. The molecule has 1 aromatic heterocycles. The van der Waals surface area contributed by atoms with Crippen molar-refractivity contribution in [3.8, 4) is 5.69 Å². The van der Waals surface area contributed by atoms with Gasteiger partial charge in [0.05, 0.1) is 5.69 Å². The Kier molecular flexibility index (Phi) is 6.13. The standard InChI is InChI=1S/C19H19ClN4O4/c20-16-4-2-1-3-14(16)9-12(11-25)10-21-17(26)13-5-7-15(8-6-13)24-19(28)22-18(27)23-24/h1-8,12,25H,9-11H2,(H,21,26)(H2,22,23,27,28). The molecule has 28 heavy (non-hydrogen) atoms. The molecule has 0 spiro atoms. The summed E-state index contributed by atoms with van der Waals surface area (Å²) in [5, 5.41) is 15.3. The van der Waals surface area contributed by atoms with Crippen molar-refractivity contribution in [1.82, 2.24) is 20.1 Å². The second-order valence-electron chi connectivity index (χ2n) is 6.31. The van der Waals surface area contributed by atoms with E-state index < -0.39 is 11.4 Å². The van der Waals surface area contributed by atoms with Gasteiger partial charge < -0.3 is 10.4 Å². The fraction of sp³-hybridized carbons (Fsp3) is 0.211. The van der Waals surface area contributed by atoms with Crippen LogP contribution in [-0.2, 0) is 6.42 Å². The largest absolute Gasteiger partial charge is 0.396 e. The van der Waals surface area contributed by atoms with Gasteiger partial charge in [-0.05, 0) is 42.3 Å². The first kappa shape index (κ1) is 19.7. The second kappa shape index (κ2) is 8.73. The van der Waals surface area contributed by atoms with E-state index in [4.69, 9.17) is 11.6 Å². The maximum atomic E-state index is 12.4. The zero-order valence-corrected chi connectivity index (χ0v) is 15.6. The van der Waals surface area contributed by atoms with Crippen molar-refractivity contribution in [1.29, 1.82) is 0 Å². The number of halogens is 1. The minimum atomic E-state index is -0.611. The third kappa shape index (κ3) is 4.59. The lowest BCUT2D eigenvalue weighted by Crippen LogP contribution is -2.32. The highest BCUT2D eigenvalue weighted by Gasteiger charge is 2.14. The zero-order valence-electron chi connectivity index (χ0n) is 14.8. The van der Waals surface area contributed by atoms with Gasteiger partial charge in [-0.3, -0.25) is 9.78 Å². The molecule has 0 aliphatic carbocycles. The number of hydrogen-bond donors (Lipinski definition) is 4. The smallest absolute Gasteiger partial charge is 0.349 e. The van der Waals surface area contributed by atoms with Crippen molar-refractivity contribution in [2.24, 2.45) is 5.92 Å².